The molecule has 3 atom stereocenters. The van der Waals surface area contributed by atoms with Crippen molar-refractivity contribution in [1.82, 2.24) is 24.4 Å². The van der Waals surface area contributed by atoms with Crippen molar-refractivity contribution in [3.63, 3.8) is 0 Å². The summed E-state index contributed by atoms with van der Waals surface area (Å²) in [4.78, 5) is 30.8. The van der Waals surface area contributed by atoms with Gasteiger partial charge in [0.2, 0.25) is 5.95 Å². The van der Waals surface area contributed by atoms with Crippen LogP contribution in [-0.2, 0) is 15.8 Å². The summed E-state index contributed by atoms with van der Waals surface area (Å²) in [7, 11) is 1.73. The highest BCUT2D eigenvalue weighted by atomic mass is 28.4. The Morgan fingerprint density at radius 3 is 2.53 bits per heavy atom. The average Bonchev–Trinajstić information content (AvgIpc) is 3.41. The normalized spacial score (nSPS) is 20.6. The van der Waals surface area contributed by atoms with E-state index >= 15 is 0 Å². The fraction of sp³-hybridized carbons (Fsp3) is 0.538. The Morgan fingerprint density at radius 1 is 1.26 bits per heavy atom. The first kappa shape index (κ1) is 28.1. The van der Waals surface area contributed by atoms with Gasteiger partial charge in [0.15, 0.2) is 19.5 Å². The number of benzene rings is 1. The van der Waals surface area contributed by atoms with Gasteiger partial charge >= 0.3 is 0 Å². The average molecular weight is 543 g/mol. The predicted octanol–water partition coefficient (Wildman–Crippen LogP) is 3.17. The zero-order valence-corrected chi connectivity index (χ0v) is 24.1. The van der Waals surface area contributed by atoms with E-state index in [9.17, 15) is 15.0 Å². The maximum atomic E-state index is 13.0. The molecule has 11 nitrogen and oxygen atoms in total. The van der Waals surface area contributed by atoms with Crippen molar-refractivity contribution in [2.24, 2.45) is 4.99 Å². The van der Waals surface area contributed by atoms with Crippen LogP contribution in [-0.4, -0.2) is 82.2 Å². The number of ether oxygens (including phenoxy) is 1. The lowest BCUT2D eigenvalue weighted by molar-refractivity contribution is -0.0426. The Balaban J connectivity index is 1.75. The number of aliphatic imine (C=N–C) groups is 1. The number of fused-ring (bicyclic) bond motifs is 1. The molecule has 3 heterocycles. The standard InChI is InChI=1S/C26H38N6O5Si/c1-26(2,3)38(6,7)36-14-16-8-10-17(11-9-16)22-28-21-23(29-25(30-24(21)35)27-15-31(4)5)32(22)20-12-18(34)19(13-33)37-20/h8-11,15,18-20,33-34H,12-14H2,1-7H3,(H,29,30,35)/t18-,19+,20+/m0/s1. The van der Waals surface area contributed by atoms with Crippen LogP contribution >= 0.6 is 0 Å². The number of rotatable bonds is 8. The van der Waals surface area contributed by atoms with Crippen molar-refractivity contribution in [1.29, 1.82) is 0 Å². The van der Waals surface area contributed by atoms with E-state index in [1.807, 2.05) is 38.4 Å². The first-order chi connectivity index (χ1) is 17.8. The van der Waals surface area contributed by atoms with Gasteiger partial charge in [-0.25, -0.2) is 9.98 Å². The molecular weight excluding hydrogens is 504 g/mol. The summed E-state index contributed by atoms with van der Waals surface area (Å²) < 4.78 is 14.0. The molecule has 1 aliphatic heterocycles. The number of nitrogens with zero attached hydrogens (tertiary/aromatic N) is 5. The Hall–Kier alpha value is -2.90. The van der Waals surface area contributed by atoms with Gasteiger partial charge in [0.05, 0.1) is 25.7 Å². The third kappa shape index (κ3) is 5.74. The van der Waals surface area contributed by atoms with E-state index in [0.717, 1.165) is 11.1 Å². The molecule has 1 aliphatic rings. The molecule has 0 radical (unpaired) electrons. The van der Waals surface area contributed by atoms with E-state index < -0.39 is 32.3 Å². The lowest BCUT2D eigenvalue weighted by Crippen LogP contribution is -2.40. The Labute approximate surface area is 223 Å². The molecule has 3 aromatic rings. The molecule has 0 spiro atoms. The van der Waals surface area contributed by atoms with E-state index in [1.165, 1.54) is 6.34 Å². The zero-order valence-electron chi connectivity index (χ0n) is 23.1. The van der Waals surface area contributed by atoms with Gasteiger partial charge in [-0.15, -0.1) is 0 Å². The molecular formula is C26H38N6O5Si. The van der Waals surface area contributed by atoms with Gasteiger partial charge in [-0.2, -0.15) is 4.98 Å². The molecule has 0 aliphatic carbocycles. The van der Waals surface area contributed by atoms with Crippen molar-refractivity contribution in [2.45, 2.75) is 70.4 Å². The van der Waals surface area contributed by atoms with Gasteiger partial charge < -0.3 is 24.3 Å². The molecule has 1 aromatic carbocycles. The van der Waals surface area contributed by atoms with E-state index in [-0.39, 0.29) is 35.2 Å². The maximum absolute atomic E-state index is 13.0. The molecule has 206 valence electrons. The maximum Gasteiger partial charge on any atom is 0.280 e. The molecule has 0 amide bonds. The largest absolute Gasteiger partial charge is 0.413 e. The molecule has 3 N–H and O–H groups in total. The fourth-order valence-corrected chi connectivity index (χ4v) is 4.91. The second-order valence-electron chi connectivity index (χ2n) is 11.4. The summed E-state index contributed by atoms with van der Waals surface area (Å²) in [5.41, 5.74) is 1.78. The lowest BCUT2D eigenvalue weighted by atomic mass is 10.1. The van der Waals surface area contributed by atoms with Crippen LogP contribution in [0, 0.1) is 0 Å². The van der Waals surface area contributed by atoms with Crippen LogP contribution in [0.3, 0.4) is 0 Å². The van der Waals surface area contributed by atoms with Crippen LogP contribution in [0.2, 0.25) is 18.1 Å². The van der Waals surface area contributed by atoms with Gasteiger partial charge in [0, 0.05) is 26.1 Å². The van der Waals surface area contributed by atoms with Crippen molar-refractivity contribution < 1.29 is 19.4 Å². The molecule has 0 bridgehead atoms. The second-order valence-corrected chi connectivity index (χ2v) is 16.2. The highest BCUT2D eigenvalue weighted by Gasteiger charge is 2.38. The highest BCUT2D eigenvalue weighted by Crippen LogP contribution is 2.38. The first-order valence-electron chi connectivity index (χ1n) is 12.7. The highest BCUT2D eigenvalue weighted by molar-refractivity contribution is 6.74. The van der Waals surface area contributed by atoms with E-state index in [4.69, 9.17) is 9.16 Å². The number of hydrogen-bond acceptors (Lipinski definition) is 8. The monoisotopic (exact) mass is 542 g/mol. The number of aromatic nitrogens is 4. The Morgan fingerprint density at radius 2 is 1.95 bits per heavy atom. The van der Waals surface area contributed by atoms with E-state index in [2.05, 4.69) is 53.8 Å². The minimum absolute atomic E-state index is 0.117. The molecule has 0 unspecified atom stereocenters. The third-order valence-corrected chi connectivity index (χ3v) is 11.7. The number of aromatic amines is 1. The van der Waals surface area contributed by atoms with Crippen LogP contribution in [0.1, 0.15) is 39.0 Å². The number of hydrogen-bond donors (Lipinski definition) is 3. The zero-order chi connectivity index (χ0) is 27.8. The summed E-state index contributed by atoms with van der Waals surface area (Å²) >= 11 is 0. The van der Waals surface area contributed by atoms with Crippen molar-refractivity contribution in [2.75, 3.05) is 20.7 Å². The lowest BCUT2D eigenvalue weighted by Gasteiger charge is -2.36. The summed E-state index contributed by atoms with van der Waals surface area (Å²) in [5.74, 6) is 0.596. The Kier molecular flexibility index (Phi) is 7.91. The van der Waals surface area contributed by atoms with Crippen molar-refractivity contribution in [3.8, 4) is 11.4 Å². The van der Waals surface area contributed by atoms with Gasteiger partial charge in [0.1, 0.15) is 18.2 Å². The molecule has 1 saturated heterocycles. The SMILES string of the molecule is CN(C)C=Nc1nc2c(nc(-c3ccc(CO[Si](C)(C)C(C)(C)C)cc3)n2[C@H]2C[C@H](O)[C@@H](CO)O2)c(=O)[nH]1. The first-order valence-corrected chi connectivity index (χ1v) is 15.6. The summed E-state index contributed by atoms with van der Waals surface area (Å²) in [6.07, 6.45) is -0.531. The number of nitrogens with one attached hydrogen (secondary N) is 1. The summed E-state index contributed by atoms with van der Waals surface area (Å²) in [6, 6.07) is 7.82. The van der Waals surface area contributed by atoms with Crippen molar-refractivity contribution >= 4 is 31.8 Å². The minimum Gasteiger partial charge on any atom is -0.413 e. The van der Waals surface area contributed by atoms with Crippen LogP contribution in [0.4, 0.5) is 5.95 Å². The number of imidazole rings is 1. The number of aliphatic hydroxyl groups is 2. The van der Waals surface area contributed by atoms with Crippen LogP contribution in [0.15, 0.2) is 34.1 Å². The van der Waals surface area contributed by atoms with E-state index in [1.54, 1.807) is 9.47 Å². The third-order valence-electron chi connectivity index (χ3n) is 7.24. The van der Waals surface area contributed by atoms with Gasteiger partial charge in [-0.3, -0.25) is 14.3 Å². The molecule has 2 aromatic heterocycles. The molecule has 4 rings (SSSR count). The molecule has 1 fully saturated rings. The number of aliphatic hydroxyl groups excluding tert-OH is 2. The second kappa shape index (κ2) is 10.7. The molecule has 0 saturated carbocycles. The molecule has 12 heteroatoms. The van der Waals surface area contributed by atoms with Crippen LogP contribution in [0.25, 0.3) is 22.6 Å². The predicted molar refractivity (Wildman–Crippen MR) is 149 cm³/mol. The van der Waals surface area contributed by atoms with E-state index in [0.29, 0.717) is 12.4 Å². The quantitative estimate of drug-likeness (QED) is 0.224. The van der Waals surface area contributed by atoms with Crippen LogP contribution in [0.5, 0.6) is 0 Å². The summed E-state index contributed by atoms with van der Waals surface area (Å²) in [5, 5.41) is 20.2. The minimum atomic E-state index is -1.89. The van der Waals surface area contributed by atoms with Gasteiger partial charge in [0.25, 0.3) is 5.56 Å². The fourth-order valence-electron chi connectivity index (χ4n) is 3.95. The smallest absolute Gasteiger partial charge is 0.280 e. The topological polar surface area (TPSA) is 138 Å². The van der Waals surface area contributed by atoms with Crippen LogP contribution < -0.4 is 5.56 Å². The number of H-pyrrole nitrogens is 1. The summed E-state index contributed by atoms with van der Waals surface area (Å²) in [6.45, 7) is 11.3. The van der Waals surface area contributed by atoms with Crippen molar-refractivity contribution in [3.05, 3.63) is 40.2 Å². The van der Waals surface area contributed by atoms with Gasteiger partial charge in [-0.1, -0.05) is 45.0 Å². The Bertz CT molecular complexity index is 1360. The molecule has 38 heavy (non-hydrogen) atoms. The van der Waals surface area contributed by atoms with Gasteiger partial charge in [-0.05, 0) is 23.7 Å².